The monoisotopic (exact) mass is 288 g/mol. The first-order chi connectivity index (χ1) is 10.1. The van der Waals surface area contributed by atoms with Crippen molar-refractivity contribution >= 4 is 5.69 Å². The zero-order chi connectivity index (χ0) is 15.2. The summed E-state index contributed by atoms with van der Waals surface area (Å²) in [5, 5.41) is 10.7. The molecule has 2 rings (SSSR count). The topological polar surface area (TPSA) is 74.5 Å². The van der Waals surface area contributed by atoms with E-state index >= 15 is 0 Å². The van der Waals surface area contributed by atoms with E-state index in [1.165, 1.54) is 12.3 Å². The summed E-state index contributed by atoms with van der Waals surface area (Å²) in [4.78, 5) is 14.1. The second-order valence-electron chi connectivity index (χ2n) is 4.49. The van der Waals surface area contributed by atoms with Gasteiger partial charge in [-0.2, -0.15) is 0 Å². The number of aromatic nitrogens is 1. The highest BCUT2D eigenvalue weighted by Crippen LogP contribution is 2.26. The Labute approximate surface area is 122 Å². The van der Waals surface area contributed by atoms with Crippen LogP contribution in [0.5, 0.6) is 17.4 Å². The third-order valence-corrected chi connectivity index (χ3v) is 2.74. The van der Waals surface area contributed by atoms with Gasteiger partial charge in [0, 0.05) is 11.6 Å². The van der Waals surface area contributed by atoms with Crippen LogP contribution < -0.4 is 9.47 Å². The van der Waals surface area contributed by atoms with E-state index in [9.17, 15) is 10.1 Å². The highest BCUT2D eigenvalue weighted by molar-refractivity contribution is 5.40. The Kier molecular flexibility index (Phi) is 4.71. The molecule has 0 atom stereocenters. The van der Waals surface area contributed by atoms with Crippen LogP contribution in [0.3, 0.4) is 0 Å². The summed E-state index contributed by atoms with van der Waals surface area (Å²) in [6.07, 6.45) is 2.13. The molecule has 0 unspecified atom stereocenters. The summed E-state index contributed by atoms with van der Waals surface area (Å²) in [5.41, 5.74) is 0.554. The van der Waals surface area contributed by atoms with Crippen molar-refractivity contribution in [1.29, 1.82) is 0 Å². The molecule has 0 aliphatic carbocycles. The Morgan fingerprint density at radius 3 is 2.48 bits per heavy atom. The van der Waals surface area contributed by atoms with Gasteiger partial charge in [0.2, 0.25) is 5.88 Å². The molecular formula is C15H16N2O4. The molecule has 1 heterocycles. The van der Waals surface area contributed by atoms with E-state index in [2.05, 4.69) is 4.98 Å². The van der Waals surface area contributed by atoms with Crippen LogP contribution in [-0.4, -0.2) is 16.5 Å². The van der Waals surface area contributed by atoms with E-state index < -0.39 is 4.92 Å². The molecule has 0 aliphatic heterocycles. The van der Waals surface area contributed by atoms with Gasteiger partial charge in [-0.1, -0.05) is 6.92 Å². The minimum Gasteiger partial charge on any atom is -0.494 e. The lowest BCUT2D eigenvalue weighted by Gasteiger charge is -2.08. The molecule has 1 aromatic carbocycles. The van der Waals surface area contributed by atoms with Crippen molar-refractivity contribution in [3.63, 3.8) is 0 Å². The number of hydrogen-bond acceptors (Lipinski definition) is 5. The third-order valence-electron chi connectivity index (χ3n) is 2.74. The summed E-state index contributed by atoms with van der Waals surface area (Å²) in [6, 6.07) is 8.60. The SMILES string of the molecule is CCCOc1ccc(Oc2ncc([N+](=O)[O-])cc2C)cc1. The Hall–Kier alpha value is -2.63. The summed E-state index contributed by atoms with van der Waals surface area (Å²) in [6.45, 7) is 4.43. The molecule has 0 saturated carbocycles. The third kappa shape index (κ3) is 3.92. The minimum absolute atomic E-state index is 0.0526. The van der Waals surface area contributed by atoms with Gasteiger partial charge in [-0.05, 0) is 37.6 Å². The number of hydrogen-bond donors (Lipinski definition) is 0. The molecule has 0 aliphatic rings. The molecule has 0 spiro atoms. The summed E-state index contributed by atoms with van der Waals surface area (Å²) >= 11 is 0. The van der Waals surface area contributed by atoms with Gasteiger partial charge < -0.3 is 9.47 Å². The van der Waals surface area contributed by atoms with Gasteiger partial charge >= 0.3 is 0 Å². The predicted octanol–water partition coefficient (Wildman–Crippen LogP) is 3.88. The van der Waals surface area contributed by atoms with Crippen molar-refractivity contribution in [3.8, 4) is 17.4 Å². The molecule has 0 radical (unpaired) electrons. The number of ether oxygens (including phenoxy) is 2. The predicted molar refractivity (Wildman–Crippen MR) is 77.9 cm³/mol. The molecule has 6 nitrogen and oxygen atoms in total. The maximum atomic E-state index is 10.7. The zero-order valence-electron chi connectivity index (χ0n) is 11.9. The normalized spacial score (nSPS) is 10.2. The largest absolute Gasteiger partial charge is 0.494 e. The Balaban J connectivity index is 2.09. The molecule has 1 aromatic heterocycles. The molecule has 0 saturated heterocycles. The minimum atomic E-state index is -0.482. The van der Waals surface area contributed by atoms with E-state index in [0.29, 0.717) is 23.8 Å². The first-order valence-corrected chi connectivity index (χ1v) is 6.62. The van der Waals surface area contributed by atoms with Crippen LogP contribution >= 0.6 is 0 Å². The van der Waals surface area contributed by atoms with Crippen LogP contribution in [0.2, 0.25) is 0 Å². The van der Waals surface area contributed by atoms with E-state index in [1.54, 1.807) is 19.1 Å². The fourth-order valence-electron chi connectivity index (χ4n) is 1.69. The Morgan fingerprint density at radius 2 is 1.90 bits per heavy atom. The average Bonchev–Trinajstić information content (AvgIpc) is 2.48. The van der Waals surface area contributed by atoms with Gasteiger partial charge in [-0.3, -0.25) is 10.1 Å². The summed E-state index contributed by atoms with van der Waals surface area (Å²) < 4.78 is 11.1. The first-order valence-electron chi connectivity index (χ1n) is 6.62. The highest BCUT2D eigenvalue weighted by Gasteiger charge is 2.11. The maximum absolute atomic E-state index is 10.7. The lowest BCUT2D eigenvalue weighted by atomic mass is 10.3. The second kappa shape index (κ2) is 6.69. The van der Waals surface area contributed by atoms with Crippen LogP contribution in [0.15, 0.2) is 36.5 Å². The van der Waals surface area contributed by atoms with Crippen molar-refractivity contribution in [3.05, 3.63) is 52.2 Å². The molecule has 21 heavy (non-hydrogen) atoms. The van der Waals surface area contributed by atoms with Crippen molar-refractivity contribution in [2.45, 2.75) is 20.3 Å². The fraction of sp³-hybridized carbons (Fsp3) is 0.267. The van der Waals surface area contributed by atoms with Crippen molar-refractivity contribution < 1.29 is 14.4 Å². The Bertz CT molecular complexity index is 626. The van der Waals surface area contributed by atoms with Crippen LogP contribution in [0.4, 0.5) is 5.69 Å². The molecule has 0 bridgehead atoms. The smallest absolute Gasteiger partial charge is 0.288 e. The molecule has 2 aromatic rings. The van der Waals surface area contributed by atoms with Crippen LogP contribution in [0, 0.1) is 17.0 Å². The number of aryl methyl sites for hydroxylation is 1. The average molecular weight is 288 g/mol. The number of nitrogens with zero attached hydrogens (tertiary/aromatic N) is 2. The molecule has 110 valence electrons. The van der Waals surface area contributed by atoms with E-state index in [4.69, 9.17) is 9.47 Å². The standard InChI is InChI=1S/C15H16N2O4/c1-3-8-20-13-4-6-14(7-5-13)21-15-11(2)9-12(10-16-15)17(18)19/h4-7,9-10H,3,8H2,1-2H3. The van der Waals surface area contributed by atoms with Gasteiger partial charge in [0.15, 0.2) is 0 Å². The van der Waals surface area contributed by atoms with Crippen LogP contribution in [0.1, 0.15) is 18.9 Å². The molecule has 0 N–H and O–H groups in total. The fourth-order valence-corrected chi connectivity index (χ4v) is 1.69. The van der Waals surface area contributed by atoms with Gasteiger partial charge in [0.25, 0.3) is 5.69 Å². The van der Waals surface area contributed by atoms with Gasteiger partial charge in [0.1, 0.15) is 17.7 Å². The highest BCUT2D eigenvalue weighted by atomic mass is 16.6. The van der Waals surface area contributed by atoms with Crippen molar-refractivity contribution in [2.75, 3.05) is 6.61 Å². The van der Waals surface area contributed by atoms with E-state index in [0.717, 1.165) is 12.2 Å². The molecule has 0 amide bonds. The second-order valence-corrected chi connectivity index (χ2v) is 4.49. The Morgan fingerprint density at radius 1 is 1.24 bits per heavy atom. The molecule has 0 fully saturated rings. The number of benzene rings is 1. The number of pyridine rings is 1. The van der Waals surface area contributed by atoms with Crippen LogP contribution in [0.25, 0.3) is 0 Å². The quantitative estimate of drug-likeness (QED) is 0.595. The number of nitro groups is 1. The van der Waals surface area contributed by atoms with Crippen molar-refractivity contribution in [2.24, 2.45) is 0 Å². The van der Waals surface area contributed by atoms with Crippen molar-refractivity contribution in [1.82, 2.24) is 4.98 Å². The zero-order valence-corrected chi connectivity index (χ0v) is 11.9. The molecular weight excluding hydrogens is 272 g/mol. The lowest BCUT2D eigenvalue weighted by molar-refractivity contribution is -0.385. The van der Waals surface area contributed by atoms with Crippen LogP contribution in [-0.2, 0) is 0 Å². The first kappa shape index (κ1) is 14.8. The molecule has 6 heteroatoms. The summed E-state index contributed by atoms with van der Waals surface area (Å²) in [7, 11) is 0. The van der Waals surface area contributed by atoms with E-state index in [-0.39, 0.29) is 5.69 Å². The maximum Gasteiger partial charge on any atom is 0.288 e. The van der Waals surface area contributed by atoms with Gasteiger partial charge in [-0.15, -0.1) is 0 Å². The summed E-state index contributed by atoms with van der Waals surface area (Å²) in [5.74, 6) is 1.73. The lowest BCUT2D eigenvalue weighted by Crippen LogP contribution is -1.96. The number of rotatable bonds is 6. The van der Waals surface area contributed by atoms with Gasteiger partial charge in [0.05, 0.1) is 11.5 Å². The van der Waals surface area contributed by atoms with Gasteiger partial charge in [-0.25, -0.2) is 4.98 Å². The van der Waals surface area contributed by atoms with E-state index in [1.807, 2.05) is 19.1 Å².